The first kappa shape index (κ1) is 12.5. The normalized spacial score (nSPS) is 9.81. The first-order valence-corrected chi connectivity index (χ1v) is 5.53. The summed E-state index contributed by atoms with van der Waals surface area (Å²) in [6.45, 7) is 2.09. The van der Waals surface area contributed by atoms with Crippen LogP contribution in [0.2, 0.25) is 0 Å². The zero-order chi connectivity index (χ0) is 11.6. The summed E-state index contributed by atoms with van der Waals surface area (Å²) in [6.07, 6.45) is 0.861. The highest BCUT2D eigenvalue weighted by atomic mass is 16.2. The Hall–Kier alpha value is -1.55. The fourth-order valence-corrected chi connectivity index (χ4v) is 1.33. The zero-order valence-electron chi connectivity index (χ0n) is 9.62. The van der Waals surface area contributed by atoms with E-state index < -0.39 is 0 Å². The maximum absolute atomic E-state index is 11.3. The number of likely N-dealkylation sites (N-methyl/N-ethyl adjacent to an activating group) is 1. The summed E-state index contributed by atoms with van der Waals surface area (Å²) in [5.41, 5.74) is 1.23. The van der Waals surface area contributed by atoms with Gasteiger partial charge in [-0.2, -0.15) is 0 Å². The van der Waals surface area contributed by atoms with Crippen LogP contribution in [0.3, 0.4) is 0 Å². The third-order valence-electron chi connectivity index (χ3n) is 2.20. The van der Waals surface area contributed by atoms with Crippen LogP contribution in [-0.4, -0.2) is 32.7 Å². The molecule has 0 radical (unpaired) electrons. The molecule has 4 heteroatoms. The van der Waals surface area contributed by atoms with E-state index in [4.69, 9.17) is 0 Å². The summed E-state index contributed by atoms with van der Waals surface area (Å²) in [5.74, 6) is 0. The summed E-state index contributed by atoms with van der Waals surface area (Å²) in [6, 6.07) is 10.00. The molecular weight excluding hydrogens is 202 g/mol. The van der Waals surface area contributed by atoms with E-state index in [-0.39, 0.29) is 6.03 Å². The van der Waals surface area contributed by atoms with Crippen LogP contribution >= 0.6 is 0 Å². The van der Waals surface area contributed by atoms with E-state index in [9.17, 15) is 4.79 Å². The highest BCUT2D eigenvalue weighted by molar-refractivity contribution is 5.73. The van der Waals surface area contributed by atoms with Gasteiger partial charge in [-0.25, -0.2) is 4.79 Å². The molecule has 0 spiro atoms. The van der Waals surface area contributed by atoms with Crippen LogP contribution in [0, 0.1) is 0 Å². The van der Waals surface area contributed by atoms with E-state index in [0.29, 0.717) is 13.1 Å². The summed E-state index contributed by atoms with van der Waals surface area (Å²) >= 11 is 0. The molecule has 4 nitrogen and oxygen atoms in total. The van der Waals surface area contributed by atoms with Gasteiger partial charge in [0.25, 0.3) is 0 Å². The average molecular weight is 221 g/mol. The second-order valence-corrected chi connectivity index (χ2v) is 3.52. The number of urea groups is 1. The molecule has 0 aliphatic heterocycles. The summed E-state index contributed by atoms with van der Waals surface area (Å²) in [5, 5.41) is 8.53. The van der Waals surface area contributed by atoms with E-state index in [2.05, 4.69) is 28.1 Å². The molecule has 0 heterocycles. The van der Waals surface area contributed by atoms with Crippen molar-refractivity contribution in [1.29, 1.82) is 0 Å². The molecule has 0 aliphatic rings. The van der Waals surface area contributed by atoms with Crippen LogP contribution in [0.1, 0.15) is 5.56 Å². The number of carbonyl (C=O) groups is 1. The first-order valence-electron chi connectivity index (χ1n) is 5.53. The van der Waals surface area contributed by atoms with Crippen LogP contribution in [0.15, 0.2) is 30.3 Å². The lowest BCUT2D eigenvalue weighted by Gasteiger charge is -2.07. The van der Waals surface area contributed by atoms with Crippen molar-refractivity contribution in [1.82, 2.24) is 16.0 Å². The van der Waals surface area contributed by atoms with Crippen LogP contribution in [-0.2, 0) is 6.42 Å². The molecule has 0 unspecified atom stereocenters. The molecule has 0 saturated carbocycles. The molecule has 16 heavy (non-hydrogen) atoms. The first-order chi connectivity index (χ1) is 7.83. The summed E-state index contributed by atoms with van der Waals surface area (Å²) in [7, 11) is 1.86. The third kappa shape index (κ3) is 5.36. The second-order valence-electron chi connectivity index (χ2n) is 3.52. The maximum atomic E-state index is 11.3. The number of hydrogen-bond acceptors (Lipinski definition) is 2. The van der Waals surface area contributed by atoms with Crippen molar-refractivity contribution in [2.45, 2.75) is 6.42 Å². The molecule has 1 rings (SSSR count). The van der Waals surface area contributed by atoms with Crippen molar-refractivity contribution in [3.8, 4) is 0 Å². The molecular formula is C12H19N3O. The maximum Gasteiger partial charge on any atom is 0.314 e. The molecule has 0 aromatic heterocycles. The van der Waals surface area contributed by atoms with Crippen molar-refractivity contribution in [2.75, 3.05) is 26.7 Å². The van der Waals surface area contributed by atoms with Gasteiger partial charge in [-0.05, 0) is 19.0 Å². The molecule has 0 fully saturated rings. The predicted molar refractivity (Wildman–Crippen MR) is 65.5 cm³/mol. The second kappa shape index (κ2) is 7.70. The molecule has 2 amide bonds. The number of amides is 2. The average Bonchev–Trinajstić information content (AvgIpc) is 2.31. The Morgan fingerprint density at radius 3 is 2.44 bits per heavy atom. The minimum absolute atomic E-state index is 0.105. The van der Waals surface area contributed by atoms with E-state index in [1.807, 2.05) is 25.2 Å². The van der Waals surface area contributed by atoms with Crippen molar-refractivity contribution in [2.24, 2.45) is 0 Å². The lowest BCUT2D eigenvalue weighted by molar-refractivity contribution is 0.241. The van der Waals surface area contributed by atoms with Crippen molar-refractivity contribution >= 4 is 6.03 Å². The minimum atomic E-state index is -0.105. The van der Waals surface area contributed by atoms with E-state index in [1.54, 1.807) is 0 Å². The Morgan fingerprint density at radius 2 is 1.75 bits per heavy atom. The number of hydrogen-bond donors (Lipinski definition) is 3. The SMILES string of the molecule is CNCCNC(=O)NCCc1ccccc1. The highest BCUT2D eigenvalue weighted by Crippen LogP contribution is 1.97. The molecule has 88 valence electrons. The van der Waals surface area contributed by atoms with Crippen LogP contribution < -0.4 is 16.0 Å². The lowest BCUT2D eigenvalue weighted by Crippen LogP contribution is -2.39. The van der Waals surface area contributed by atoms with Crippen LogP contribution in [0.5, 0.6) is 0 Å². The highest BCUT2D eigenvalue weighted by Gasteiger charge is 1.97. The van der Waals surface area contributed by atoms with E-state index in [0.717, 1.165) is 13.0 Å². The summed E-state index contributed by atoms with van der Waals surface area (Å²) in [4.78, 5) is 11.3. The molecule has 1 aromatic carbocycles. The van der Waals surface area contributed by atoms with Gasteiger partial charge >= 0.3 is 6.03 Å². The largest absolute Gasteiger partial charge is 0.338 e. The summed E-state index contributed by atoms with van der Waals surface area (Å²) < 4.78 is 0. The van der Waals surface area contributed by atoms with Gasteiger partial charge in [-0.15, -0.1) is 0 Å². The van der Waals surface area contributed by atoms with Crippen molar-refractivity contribution < 1.29 is 4.79 Å². The molecule has 0 bridgehead atoms. The van der Waals surface area contributed by atoms with Gasteiger partial charge in [0.05, 0.1) is 0 Å². The third-order valence-corrected chi connectivity index (χ3v) is 2.20. The van der Waals surface area contributed by atoms with Gasteiger partial charge < -0.3 is 16.0 Å². The fraction of sp³-hybridized carbons (Fsp3) is 0.417. The van der Waals surface area contributed by atoms with Gasteiger partial charge in [0.1, 0.15) is 0 Å². The van der Waals surface area contributed by atoms with E-state index >= 15 is 0 Å². The van der Waals surface area contributed by atoms with Crippen LogP contribution in [0.25, 0.3) is 0 Å². The Morgan fingerprint density at radius 1 is 1.06 bits per heavy atom. The van der Waals surface area contributed by atoms with E-state index in [1.165, 1.54) is 5.56 Å². The Balaban J connectivity index is 2.09. The van der Waals surface area contributed by atoms with Gasteiger partial charge in [0.15, 0.2) is 0 Å². The Kier molecular flexibility index (Phi) is 6.03. The standard InChI is InChI=1S/C12H19N3O/c1-13-9-10-15-12(16)14-8-7-11-5-3-2-4-6-11/h2-6,13H,7-10H2,1H3,(H2,14,15,16). The van der Waals surface area contributed by atoms with Gasteiger partial charge in [-0.1, -0.05) is 30.3 Å². The number of benzene rings is 1. The monoisotopic (exact) mass is 221 g/mol. The lowest BCUT2D eigenvalue weighted by atomic mass is 10.1. The Bertz CT molecular complexity index is 300. The molecule has 0 atom stereocenters. The molecule has 0 aliphatic carbocycles. The number of rotatable bonds is 6. The molecule has 3 N–H and O–H groups in total. The quantitative estimate of drug-likeness (QED) is 0.621. The zero-order valence-corrected chi connectivity index (χ0v) is 9.62. The molecule has 1 aromatic rings. The van der Waals surface area contributed by atoms with Crippen molar-refractivity contribution in [3.63, 3.8) is 0 Å². The minimum Gasteiger partial charge on any atom is -0.338 e. The predicted octanol–water partition coefficient (Wildman–Crippen LogP) is 0.748. The Labute approximate surface area is 96.4 Å². The van der Waals surface area contributed by atoms with Gasteiger partial charge in [0.2, 0.25) is 0 Å². The van der Waals surface area contributed by atoms with Gasteiger partial charge in [-0.3, -0.25) is 0 Å². The molecule has 0 saturated heterocycles. The number of carbonyl (C=O) groups excluding carboxylic acids is 1. The number of nitrogens with one attached hydrogen (secondary N) is 3. The smallest absolute Gasteiger partial charge is 0.314 e. The van der Waals surface area contributed by atoms with Gasteiger partial charge in [0, 0.05) is 19.6 Å². The topological polar surface area (TPSA) is 53.2 Å². The fourth-order valence-electron chi connectivity index (χ4n) is 1.33. The van der Waals surface area contributed by atoms with Crippen LogP contribution in [0.4, 0.5) is 4.79 Å². The van der Waals surface area contributed by atoms with Crippen molar-refractivity contribution in [3.05, 3.63) is 35.9 Å².